The molecule has 10 heteroatoms. The molecule has 0 saturated heterocycles. The Hall–Kier alpha value is -4.18. The normalized spacial score (nSPS) is 11.6. The van der Waals surface area contributed by atoms with Gasteiger partial charge in [-0.05, 0) is 75.2 Å². The Balaban J connectivity index is 1.58. The number of ether oxygens (including phenoxy) is 3. The summed E-state index contributed by atoms with van der Waals surface area (Å²) in [7, 11) is 1.57. The number of nitrogens with zero attached hydrogens (tertiary/aromatic N) is 1. The van der Waals surface area contributed by atoms with Crippen molar-refractivity contribution in [2.75, 3.05) is 19.0 Å². The standard InChI is InChI=1S/C27H29N3O6S/c1-6-35-27(33)23-16(2)18(4)37-26(23)29-25(32)20-10-12-21(13-11-20)36-17(3)24(31)30-28-15-19-8-7-9-22(14-19)34-5/h7-15,17H,6H2,1-5H3,(H,29,32)(H,30,31)/b28-15+. The maximum atomic E-state index is 12.8. The number of hydrogen-bond acceptors (Lipinski definition) is 8. The summed E-state index contributed by atoms with van der Waals surface area (Å²) < 4.78 is 16.0. The molecule has 1 heterocycles. The molecule has 2 amide bonds. The van der Waals surface area contributed by atoms with Crippen molar-refractivity contribution in [2.24, 2.45) is 5.10 Å². The minimum Gasteiger partial charge on any atom is -0.497 e. The lowest BCUT2D eigenvalue weighted by atomic mass is 10.1. The Morgan fingerprint density at radius 2 is 1.81 bits per heavy atom. The summed E-state index contributed by atoms with van der Waals surface area (Å²) >= 11 is 1.32. The molecule has 0 saturated carbocycles. The van der Waals surface area contributed by atoms with E-state index in [2.05, 4.69) is 15.8 Å². The molecule has 9 nitrogen and oxygen atoms in total. The minimum atomic E-state index is -0.827. The number of esters is 1. The van der Waals surface area contributed by atoms with E-state index in [0.29, 0.717) is 27.6 Å². The molecule has 3 rings (SSSR count). The molecule has 2 aromatic carbocycles. The summed E-state index contributed by atoms with van der Waals surface area (Å²) in [4.78, 5) is 38.4. The van der Waals surface area contributed by atoms with E-state index in [4.69, 9.17) is 14.2 Å². The van der Waals surface area contributed by atoms with Crippen LogP contribution >= 0.6 is 11.3 Å². The maximum absolute atomic E-state index is 12.8. The third-order valence-corrected chi connectivity index (χ3v) is 6.50. The highest BCUT2D eigenvalue weighted by Crippen LogP contribution is 2.33. The minimum absolute atomic E-state index is 0.243. The van der Waals surface area contributed by atoms with Crippen LogP contribution in [0.1, 0.15) is 50.6 Å². The first-order chi connectivity index (χ1) is 17.7. The third kappa shape index (κ3) is 7.17. The third-order valence-electron chi connectivity index (χ3n) is 5.37. The number of anilines is 1. The summed E-state index contributed by atoms with van der Waals surface area (Å²) in [6, 6.07) is 13.6. The topological polar surface area (TPSA) is 115 Å². The van der Waals surface area contributed by atoms with Crippen LogP contribution in [-0.4, -0.2) is 43.8 Å². The van der Waals surface area contributed by atoms with Crippen LogP contribution in [0.5, 0.6) is 11.5 Å². The molecule has 0 aliphatic rings. The number of amides is 2. The molecule has 3 aromatic rings. The van der Waals surface area contributed by atoms with E-state index in [9.17, 15) is 14.4 Å². The lowest BCUT2D eigenvalue weighted by Crippen LogP contribution is -2.33. The summed E-state index contributed by atoms with van der Waals surface area (Å²) in [5.74, 6) is -0.189. The zero-order valence-corrected chi connectivity index (χ0v) is 22.1. The van der Waals surface area contributed by atoms with Crippen LogP contribution in [0, 0.1) is 13.8 Å². The average Bonchev–Trinajstić information content (AvgIpc) is 3.17. The Morgan fingerprint density at radius 3 is 2.49 bits per heavy atom. The second kappa shape index (κ2) is 12.7. The predicted octanol–water partition coefficient (Wildman–Crippen LogP) is 4.72. The van der Waals surface area contributed by atoms with Crippen molar-refractivity contribution in [3.8, 4) is 11.5 Å². The van der Waals surface area contributed by atoms with Crippen molar-refractivity contribution in [1.29, 1.82) is 0 Å². The van der Waals surface area contributed by atoms with Crippen LogP contribution in [0.15, 0.2) is 53.6 Å². The first-order valence-electron chi connectivity index (χ1n) is 11.6. The molecule has 37 heavy (non-hydrogen) atoms. The van der Waals surface area contributed by atoms with E-state index in [0.717, 1.165) is 16.0 Å². The number of nitrogens with one attached hydrogen (secondary N) is 2. The zero-order chi connectivity index (χ0) is 26.9. The molecule has 0 aliphatic carbocycles. The van der Waals surface area contributed by atoms with Crippen molar-refractivity contribution in [2.45, 2.75) is 33.8 Å². The number of benzene rings is 2. The molecule has 194 valence electrons. The Kier molecular flexibility index (Phi) is 9.39. The smallest absolute Gasteiger partial charge is 0.341 e. The molecule has 0 radical (unpaired) electrons. The maximum Gasteiger partial charge on any atom is 0.341 e. The number of hydrazone groups is 1. The molecule has 0 spiro atoms. The number of thiophene rings is 1. The number of methoxy groups -OCH3 is 1. The molecule has 1 atom stereocenters. The van der Waals surface area contributed by atoms with Gasteiger partial charge in [-0.25, -0.2) is 10.2 Å². The molecule has 1 unspecified atom stereocenters. The van der Waals surface area contributed by atoms with Crippen molar-refractivity contribution in [3.05, 3.63) is 75.7 Å². The van der Waals surface area contributed by atoms with Gasteiger partial charge in [-0.15, -0.1) is 11.3 Å². The molecule has 0 fully saturated rings. The molecular formula is C27H29N3O6S. The molecule has 1 aromatic heterocycles. The lowest BCUT2D eigenvalue weighted by molar-refractivity contribution is -0.127. The van der Waals surface area contributed by atoms with E-state index < -0.39 is 18.0 Å². The lowest BCUT2D eigenvalue weighted by Gasteiger charge is -2.13. The largest absolute Gasteiger partial charge is 0.497 e. The van der Waals surface area contributed by atoms with Gasteiger partial charge in [-0.2, -0.15) is 5.10 Å². The van der Waals surface area contributed by atoms with Crippen molar-refractivity contribution >= 4 is 40.3 Å². The van der Waals surface area contributed by atoms with Gasteiger partial charge >= 0.3 is 5.97 Å². The van der Waals surface area contributed by atoms with Gasteiger partial charge in [-0.3, -0.25) is 9.59 Å². The van der Waals surface area contributed by atoms with E-state index in [-0.39, 0.29) is 12.5 Å². The number of hydrogen-bond donors (Lipinski definition) is 2. The van der Waals surface area contributed by atoms with Gasteiger partial charge < -0.3 is 19.5 Å². The fourth-order valence-corrected chi connectivity index (χ4v) is 4.31. The van der Waals surface area contributed by atoms with Gasteiger partial charge in [0.05, 0.1) is 25.5 Å². The van der Waals surface area contributed by atoms with Crippen LogP contribution in [0.3, 0.4) is 0 Å². The summed E-state index contributed by atoms with van der Waals surface area (Å²) in [5.41, 5.74) is 4.72. The molecule has 0 bridgehead atoms. The van der Waals surface area contributed by atoms with Gasteiger partial charge in [0.1, 0.15) is 16.5 Å². The monoisotopic (exact) mass is 523 g/mol. The van der Waals surface area contributed by atoms with Gasteiger partial charge in [0.2, 0.25) is 0 Å². The number of rotatable bonds is 10. The summed E-state index contributed by atoms with van der Waals surface area (Å²) in [6.07, 6.45) is 0.677. The second-order valence-electron chi connectivity index (χ2n) is 7.96. The highest BCUT2D eigenvalue weighted by atomic mass is 32.1. The summed E-state index contributed by atoms with van der Waals surface area (Å²) in [5, 5.41) is 7.19. The van der Waals surface area contributed by atoms with E-state index >= 15 is 0 Å². The van der Waals surface area contributed by atoms with Gasteiger partial charge in [0.15, 0.2) is 6.10 Å². The number of aryl methyl sites for hydroxylation is 1. The second-order valence-corrected chi connectivity index (χ2v) is 9.18. The Morgan fingerprint density at radius 1 is 1.08 bits per heavy atom. The highest BCUT2D eigenvalue weighted by molar-refractivity contribution is 7.16. The van der Waals surface area contributed by atoms with E-state index in [1.807, 2.05) is 32.0 Å². The first-order valence-corrected chi connectivity index (χ1v) is 12.4. The molecular weight excluding hydrogens is 494 g/mol. The molecule has 0 aliphatic heterocycles. The van der Waals surface area contributed by atoms with Crippen LogP contribution in [0.4, 0.5) is 5.00 Å². The van der Waals surface area contributed by atoms with Crippen LogP contribution in [0.25, 0.3) is 0 Å². The van der Waals surface area contributed by atoms with Crippen LogP contribution in [0.2, 0.25) is 0 Å². The van der Waals surface area contributed by atoms with Gasteiger partial charge in [0, 0.05) is 10.4 Å². The van der Waals surface area contributed by atoms with Gasteiger partial charge in [0.25, 0.3) is 11.8 Å². The van der Waals surface area contributed by atoms with Gasteiger partial charge in [-0.1, -0.05) is 12.1 Å². The van der Waals surface area contributed by atoms with Crippen LogP contribution in [-0.2, 0) is 9.53 Å². The summed E-state index contributed by atoms with van der Waals surface area (Å²) in [6.45, 7) is 7.27. The fourth-order valence-electron chi connectivity index (χ4n) is 3.27. The number of carbonyl (C=O) groups is 3. The Labute approximate surface area is 219 Å². The average molecular weight is 524 g/mol. The quantitative estimate of drug-likeness (QED) is 0.226. The SMILES string of the molecule is CCOC(=O)c1c(NC(=O)c2ccc(OC(C)C(=O)N/N=C/c3cccc(OC)c3)cc2)sc(C)c1C. The van der Waals surface area contributed by atoms with Crippen molar-refractivity contribution < 1.29 is 28.6 Å². The number of carbonyl (C=O) groups excluding carboxylic acids is 3. The predicted molar refractivity (Wildman–Crippen MR) is 143 cm³/mol. The fraction of sp³-hybridized carbons (Fsp3) is 0.259. The van der Waals surface area contributed by atoms with Crippen molar-refractivity contribution in [3.63, 3.8) is 0 Å². The highest BCUT2D eigenvalue weighted by Gasteiger charge is 2.22. The van der Waals surface area contributed by atoms with Crippen molar-refractivity contribution in [1.82, 2.24) is 5.43 Å². The first kappa shape index (κ1) is 27.4. The van der Waals surface area contributed by atoms with E-state index in [1.54, 1.807) is 51.3 Å². The Bertz CT molecular complexity index is 1300. The van der Waals surface area contributed by atoms with Crippen LogP contribution < -0.4 is 20.2 Å². The zero-order valence-electron chi connectivity index (χ0n) is 21.3. The van der Waals surface area contributed by atoms with E-state index in [1.165, 1.54) is 17.6 Å². The molecule has 2 N–H and O–H groups in total.